The van der Waals surface area contributed by atoms with Gasteiger partial charge in [-0.25, -0.2) is 8.42 Å². The summed E-state index contributed by atoms with van der Waals surface area (Å²) in [5.74, 6) is -0.426. The molecule has 2 aliphatic rings. The fourth-order valence-electron chi connectivity index (χ4n) is 3.89. The second kappa shape index (κ2) is 8.99. The summed E-state index contributed by atoms with van der Waals surface area (Å²) < 4.78 is 38.4. The smallest absolute Gasteiger partial charge is 0.313 e. The molecule has 5 rings (SSSR count). The molecule has 0 saturated carbocycles. The maximum absolute atomic E-state index is 13.1. The Morgan fingerprint density at radius 1 is 1.03 bits per heavy atom. The first-order chi connectivity index (χ1) is 16.4. The van der Waals surface area contributed by atoms with Crippen molar-refractivity contribution in [2.45, 2.75) is 23.6 Å². The molecule has 2 aliphatic heterocycles. The van der Waals surface area contributed by atoms with Gasteiger partial charge in [0, 0.05) is 18.8 Å². The van der Waals surface area contributed by atoms with Gasteiger partial charge in [-0.3, -0.25) is 13.9 Å². The molecule has 0 aliphatic carbocycles. The zero-order valence-corrected chi connectivity index (χ0v) is 19.6. The van der Waals surface area contributed by atoms with E-state index in [-0.39, 0.29) is 17.5 Å². The van der Waals surface area contributed by atoms with E-state index in [0.29, 0.717) is 35.8 Å². The molecule has 3 heterocycles. The van der Waals surface area contributed by atoms with Gasteiger partial charge in [-0.15, -0.1) is 11.3 Å². The van der Waals surface area contributed by atoms with Crippen LogP contribution in [0.25, 0.3) is 0 Å². The van der Waals surface area contributed by atoms with Crippen LogP contribution < -0.4 is 24.4 Å². The molecule has 2 aromatic carbocycles. The minimum absolute atomic E-state index is 0.139. The van der Waals surface area contributed by atoms with E-state index in [9.17, 15) is 18.0 Å². The first-order valence-corrected chi connectivity index (χ1v) is 12.9. The van der Waals surface area contributed by atoms with Crippen molar-refractivity contribution in [1.82, 2.24) is 5.32 Å². The lowest BCUT2D eigenvalue weighted by atomic mass is 10.0. The number of hydrogen-bond donors (Lipinski definition) is 2. The second-order valence-electron chi connectivity index (χ2n) is 7.78. The SMILES string of the molecule is O=C(NCc1ccc2c(c1)OCO2)C(=O)Nc1ccc2c(c1)N(S(=O)(=O)c1cccs1)CCC2. The van der Waals surface area contributed by atoms with Crippen molar-refractivity contribution in [2.75, 3.05) is 23.0 Å². The fourth-order valence-corrected chi connectivity index (χ4v) is 6.53. The zero-order chi connectivity index (χ0) is 23.7. The van der Waals surface area contributed by atoms with Crippen LogP contribution in [0.4, 0.5) is 11.4 Å². The number of hydrogen-bond acceptors (Lipinski definition) is 7. The van der Waals surface area contributed by atoms with Crippen LogP contribution >= 0.6 is 11.3 Å². The summed E-state index contributed by atoms with van der Waals surface area (Å²) in [6, 6.07) is 13.6. The van der Waals surface area contributed by atoms with Gasteiger partial charge in [0.25, 0.3) is 10.0 Å². The van der Waals surface area contributed by atoms with Gasteiger partial charge in [-0.1, -0.05) is 18.2 Å². The Balaban J connectivity index is 1.27. The number of nitrogens with one attached hydrogen (secondary N) is 2. The molecule has 0 saturated heterocycles. The molecule has 0 bridgehead atoms. The van der Waals surface area contributed by atoms with Crippen molar-refractivity contribution < 1.29 is 27.5 Å². The van der Waals surface area contributed by atoms with Crippen LogP contribution in [0.5, 0.6) is 11.5 Å². The highest BCUT2D eigenvalue weighted by Gasteiger charge is 2.30. The molecule has 0 spiro atoms. The van der Waals surface area contributed by atoms with Gasteiger partial charge in [0.1, 0.15) is 4.21 Å². The van der Waals surface area contributed by atoms with E-state index in [1.54, 1.807) is 53.9 Å². The number of rotatable bonds is 5. The molecule has 9 nitrogen and oxygen atoms in total. The molecule has 11 heteroatoms. The number of anilines is 2. The molecule has 0 atom stereocenters. The van der Waals surface area contributed by atoms with Crippen molar-refractivity contribution in [2.24, 2.45) is 0 Å². The van der Waals surface area contributed by atoms with E-state index in [0.717, 1.165) is 28.9 Å². The number of carbonyl (C=O) groups excluding carboxylic acids is 2. The third-order valence-electron chi connectivity index (χ3n) is 5.55. The van der Waals surface area contributed by atoms with E-state index in [4.69, 9.17) is 9.47 Å². The summed E-state index contributed by atoms with van der Waals surface area (Å²) in [5, 5.41) is 6.85. The molecule has 0 fully saturated rings. The number of amides is 2. The highest BCUT2D eigenvalue weighted by atomic mass is 32.2. The number of nitrogens with zero attached hydrogens (tertiary/aromatic N) is 1. The topological polar surface area (TPSA) is 114 Å². The molecule has 1 aromatic heterocycles. The molecular weight excluding hydrogens is 478 g/mol. The Bertz CT molecular complexity index is 1360. The van der Waals surface area contributed by atoms with Crippen molar-refractivity contribution in [3.8, 4) is 11.5 Å². The maximum Gasteiger partial charge on any atom is 0.313 e. The summed E-state index contributed by atoms with van der Waals surface area (Å²) in [6.07, 6.45) is 1.43. The molecule has 176 valence electrons. The molecule has 0 unspecified atom stereocenters. The Hall–Kier alpha value is -3.57. The first kappa shape index (κ1) is 22.2. The Morgan fingerprint density at radius 3 is 2.71 bits per heavy atom. The quantitative estimate of drug-likeness (QED) is 0.522. The van der Waals surface area contributed by atoms with Crippen molar-refractivity contribution in [3.05, 3.63) is 65.0 Å². The molecule has 2 N–H and O–H groups in total. The summed E-state index contributed by atoms with van der Waals surface area (Å²) >= 11 is 1.16. The average Bonchev–Trinajstić information content (AvgIpc) is 3.54. The van der Waals surface area contributed by atoms with E-state index in [1.165, 1.54) is 4.31 Å². The lowest BCUT2D eigenvalue weighted by Crippen LogP contribution is -2.36. The third-order valence-corrected chi connectivity index (χ3v) is 8.74. The molecule has 0 radical (unpaired) electrons. The number of sulfonamides is 1. The highest BCUT2D eigenvalue weighted by molar-refractivity contribution is 7.94. The van der Waals surface area contributed by atoms with Crippen LogP contribution in [0, 0.1) is 0 Å². The van der Waals surface area contributed by atoms with Crippen molar-refractivity contribution >= 4 is 44.5 Å². The predicted octanol–water partition coefficient (Wildman–Crippen LogP) is 2.87. The number of aryl methyl sites for hydroxylation is 1. The third kappa shape index (κ3) is 4.31. The largest absolute Gasteiger partial charge is 0.454 e. The summed E-state index contributed by atoms with van der Waals surface area (Å²) in [5.41, 5.74) is 2.48. The number of fused-ring (bicyclic) bond motifs is 2. The van der Waals surface area contributed by atoms with E-state index in [2.05, 4.69) is 10.6 Å². The van der Waals surface area contributed by atoms with Crippen LogP contribution in [-0.4, -0.2) is 33.6 Å². The Labute approximate surface area is 200 Å². The molecule has 34 heavy (non-hydrogen) atoms. The van der Waals surface area contributed by atoms with Gasteiger partial charge in [-0.05, 0) is 59.7 Å². The van der Waals surface area contributed by atoms with Gasteiger partial charge in [-0.2, -0.15) is 0 Å². The van der Waals surface area contributed by atoms with E-state index < -0.39 is 21.8 Å². The minimum atomic E-state index is -3.70. The van der Waals surface area contributed by atoms with Gasteiger partial charge in [0.15, 0.2) is 11.5 Å². The van der Waals surface area contributed by atoms with Crippen LogP contribution in [0.1, 0.15) is 17.5 Å². The molecular formula is C23H21N3O6S2. The van der Waals surface area contributed by atoms with Crippen LogP contribution in [0.3, 0.4) is 0 Å². The zero-order valence-electron chi connectivity index (χ0n) is 17.9. The van der Waals surface area contributed by atoms with E-state index >= 15 is 0 Å². The van der Waals surface area contributed by atoms with Crippen LogP contribution in [-0.2, 0) is 32.6 Å². The second-order valence-corrected chi connectivity index (χ2v) is 10.8. The van der Waals surface area contributed by atoms with Gasteiger partial charge in [0.05, 0.1) is 5.69 Å². The predicted molar refractivity (Wildman–Crippen MR) is 127 cm³/mol. The lowest BCUT2D eigenvalue weighted by Gasteiger charge is -2.30. The minimum Gasteiger partial charge on any atom is -0.454 e. The maximum atomic E-state index is 13.1. The van der Waals surface area contributed by atoms with Crippen molar-refractivity contribution in [1.29, 1.82) is 0 Å². The average molecular weight is 500 g/mol. The number of carbonyl (C=O) groups is 2. The van der Waals surface area contributed by atoms with E-state index in [1.807, 2.05) is 0 Å². The summed E-state index contributed by atoms with van der Waals surface area (Å²) in [7, 11) is -3.70. The standard InChI is InChI=1S/C23H21N3O6S2/c27-22(24-13-15-5-8-19-20(11-15)32-14-31-19)23(28)25-17-7-6-16-3-1-9-26(18(16)12-17)34(29,30)21-4-2-10-33-21/h2,4-8,10-12H,1,3,9,13-14H2,(H,24,27)(H,25,28). The van der Waals surface area contributed by atoms with Gasteiger partial charge < -0.3 is 20.1 Å². The van der Waals surface area contributed by atoms with Crippen molar-refractivity contribution in [3.63, 3.8) is 0 Å². The number of thiophene rings is 1. The Morgan fingerprint density at radius 2 is 1.88 bits per heavy atom. The summed E-state index contributed by atoms with van der Waals surface area (Å²) in [6.45, 7) is 0.640. The lowest BCUT2D eigenvalue weighted by molar-refractivity contribution is -0.136. The molecule has 3 aromatic rings. The summed E-state index contributed by atoms with van der Waals surface area (Å²) in [4.78, 5) is 24.8. The normalized spacial score (nSPS) is 14.4. The first-order valence-electron chi connectivity index (χ1n) is 10.6. The fraction of sp³-hybridized carbons (Fsp3) is 0.217. The highest BCUT2D eigenvalue weighted by Crippen LogP contribution is 2.35. The van der Waals surface area contributed by atoms with Gasteiger partial charge >= 0.3 is 11.8 Å². The Kier molecular flexibility index (Phi) is 5.88. The van der Waals surface area contributed by atoms with Crippen LogP contribution in [0.15, 0.2) is 58.1 Å². The van der Waals surface area contributed by atoms with Gasteiger partial charge in [0.2, 0.25) is 6.79 Å². The monoisotopic (exact) mass is 499 g/mol. The van der Waals surface area contributed by atoms with Crippen LogP contribution in [0.2, 0.25) is 0 Å². The molecule has 2 amide bonds. The number of benzene rings is 2. The number of ether oxygens (including phenoxy) is 2.